The molecule has 3 aliphatic heterocycles. The summed E-state index contributed by atoms with van der Waals surface area (Å²) in [7, 11) is 0. The number of hydrogen-bond donors (Lipinski definition) is 1. The largest absolute Gasteiger partial charge is 0.370 e. The number of ether oxygens (including phenoxy) is 1. The maximum absolute atomic E-state index is 12.4. The van der Waals surface area contributed by atoms with Crippen molar-refractivity contribution in [1.29, 1.82) is 0 Å². The molecule has 0 radical (unpaired) electrons. The summed E-state index contributed by atoms with van der Waals surface area (Å²) in [5, 5.41) is 3.26. The van der Waals surface area contributed by atoms with Gasteiger partial charge in [0.15, 0.2) is 0 Å². The normalized spacial score (nSPS) is 36.0. The second-order valence-electron chi connectivity index (χ2n) is 9.97. The average Bonchev–Trinajstić information content (AvgIpc) is 2.97. The lowest BCUT2D eigenvalue weighted by Gasteiger charge is -2.30. The molecule has 1 saturated carbocycles. The quantitative estimate of drug-likeness (QED) is 0.868. The first-order valence-electron chi connectivity index (χ1n) is 10.6. The molecule has 0 aromatic heterocycles. The van der Waals surface area contributed by atoms with Crippen LogP contribution in [0.15, 0.2) is 18.2 Å². The van der Waals surface area contributed by atoms with Gasteiger partial charge in [0.1, 0.15) is 0 Å². The summed E-state index contributed by atoms with van der Waals surface area (Å²) in [5.74, 6) is 1.30. The van der Waals surface area contributed by atoms with Crippen LogP contribution in [0.1, 0.15) is 49.3 Å². The molecule has 4 atom stereocenters. The third-order valence-electron chi connectivity index (χ3n) is 7.59. The van der Waals surface area contributed by atoms with Crippen LogP contribution in [0.2, 0.25) is 0 Å². The van der Waals surface area contributed by atoms with Crippen LogP contribution < -0.4 is 5.32 Å². The number of benzene rings is 1. The number of aryl methyl sites for hydroxylation is 2. The maximum Gasteiger partial charge on any atom is 0.225 e. The molecule has 1 amide bonds. The Morgan fingerprint density at radius 1 is 1.22 bits per heavy atom. The van der Waals surface area contributed by atoms with Gasteiger partial charge in [0.25, 0.3) is 0 Å². The van der Waals surface area contributed by atoms with Crippen LogP contribution in [0.25, 0.3) is 0 Å². The van der Waals surface area contributed by atoms with E-state index in [1.807, 2.05) is 0 Å². The fourth-order valence-corrected chi connectivity index (χ4v) is 5.94. The van der Waals surface area contributed by atoms with Crippen molar-refractivity contribution in [3.05, 3.63) is 34.9 Å². The molecule has 1 aliphatic carbocycles. The molecule has 4 heteroatoms. The van der Waals surface area contributed by atoms with Crippen molar-refractivity contribution >= 4 is 5.91 Å². The number of likely N-dealkylation sites (tertiary alicyclic amines) is 1. The van der Waals surface area contributed by atoms with Gasteiger partial charge < -0.3 is 10.1 Å². The fourth-order valence-electron chi connectivity index (χ4n) is 5.94. The minimum absolute atomic E-state index is 0.0441. The number of carbonyl (C=O) groups excluding carboxylic acids is 1. The summed E-state index contributed by atoms with van der Waals surface area (Å²) in [6, 6.07) is 6.86. The molecular formula is C23H32N2O2. The minimum atomic E-state index is -0.0824. The lowest BCUT2D eigenvalue weighted by atomic mass is 9.73. The van der Waals surface area contributed by atoms with E-state index in [0.29, 0.717) is 17.9 Å². The van der Waals surface area contributed by atoms with Crippen LogP contribution in [0.4, 0.5) is 0 Å². The van der Waals surface area contributed by atoms with E-state index in [9.17, 15) is 4.79 Å². The molecule has 3 heterocycles. The summed E-state index contributed by atoms with van der Waals surface area (Å²) in [6.45, 7) is 10.4. The lowest BCUT2D eigenvalue weighted by molar-refractivity contribution is -0.126. The van der Waals surface area contributed by atoms with E-state index in [1.165, 1.54) is 23.1 Å². The summed E-state index contributed by atoms with van der Waals surface area (Å²) in [5.41, 5.74) is 4.05. The van der Waals surface area contributed by atoms with E-state index >= 15 is 0 Å². The number of rotatable bonds is 5. The zero-order valence-corrected chi connectivity index (χ0v) is 16.9. The molecule has 1 spiro atoms. The van der Waals surface area contributed by atoms with Crippen molar-refractivity contribution in [2.45, 2.75) is 64.7 Å². The Morgan fingerprint density at radius 2 is 1.96 bits per heavy atom. The Morgan fingerprint density at radius 3 is 2.67 bits per heavy atom. The molecule has 1 aromatic carbocycles. The first-order chi connectivity index (χ1) is 12.9. The van der Waals surface area contributed by atoms with Crippen molar-refractivity contribution < 1.29 is 9.53 Å². The van der Waals surface area contributed by atoms with E-state index in [1.54, 1.807) is 0 Å². The van der Waals surface area contributed by atoms with Crippen LogP contribution in [0.3, 0.4) is 0 Å². The van der Waals surface area contributed by atoms with Gasteiger partial charge in [0, 0.05) is 43.4 Å². The molecule has 3 saturated heterocycles. The molecule has 5 rings (SSSR count). The van der Waals surface area contributed by atoms with Gasteiger partial charge in [-0.25, -0.2) is 0 Å². The topological polar surface area (TPSA) is 41.6 Å². The summed E-state index contributed by atoms with van der Waals surface area (Å²) in [4.78, 5) is 15.0. The maximum atomic E-state index is 12.4. The van der Waals surface area contributed by atoms with Crippen molar-refractivity contribution in [3.63, 3.8) is 0 Å². The van der Waals surface area contributed by atoms with Gasteiger partial charge in [0.05, 0.1) is 11.7 Å². The minimum Gasteiger partial charge on any atom is -0.370 e. The lowest BCUT2D eigenvalue weighted by Crippen LogP contribution is -2.43. The first kappa shape index (κ1) is 17.7. The van der Waals surface area contributed by atoms with Crippen LogP contribution in [0.5, 0.6) is 0 Å². The van der Waals surface area contributed by atoms with E-state index in [0.717, 1.165) is 45.4 Å². The smallest absolute Gasteiger partial charge is 0.225 e. The second-order valence-corrected chi connectivity index (χ2v) is 9.97. The Bertz CT molecular complexity index is 751. The predicted molar refractivity (Wildman–Crippen MR) is 105 cm³/mol. The van der Waals surface area contributed by atoms with Gasteiger partial charge in [-0.1, -0.05) is 36.2 Å². The van der Waals surface area contributed by atoms with E-state index in [4.69, 9.17) is 4.74 Å². The van der Waals surface area contributed by atoms with E-state index < -0.39 is 0 Å². The molecule has 146 valence electrons. The summed E-state index contributed by atoms with van der Waals surface area (Å²) >= 11 is 0. The van der Waals surface area contributed by atoms with Gasteiger partial charge in [-0.05, 0) is 45.1 Å². The van der Waals surface area contributed by atoms with E-state index in [-0.39, 0.29) is 16.9 Å². The highest BCUT2D eigenvalue weighted by Gasteiger charge is 2.62. The summed E-state index contributed by atoms with van der Waals surface area (Å²) < 4.78 is 6.55. The predicted octanol–water partition coefficient (Wildman–Crippen LogP) is 3.20. The molecule has 27 heavy (non-hydrogen) atoms. The Labute approximate surface area is 162 Å². The number of amides is 1. The SMILES string of the molecule is Cc1cc(C)cc(CN2C[C@@H]3[C@H](CNC(=O)C4(C)CC4)[C@H]4CC[C@]3(C2)O4)c1. The first-order valence-corrected chi connectivity index (χ1v) is 10.6. The zero-order valence-electron chi connectivity index (χ0n) is 16.9. The van der Waals surface area contributed by atoms with Crippen molar-refractivity contribution in [2.75, 3.05) is 19.6 Å². The van der Waals surface area contributed by atoms with Gasteiger partial charge in [-0.2, -0.15) is 0 Å². The molecule has 2 bridgehead atoms. The van der Waals surface area contributed by atoms with Crippen LogP contribution in [0, 0.1) is 31.1 Å². The Hall–Kier alpha value is -1.39. The van der Waals surface area contributed by atoms with Crippen LogP contribution in [-0.2, 0) is 16.1 Å². The number of nitrogens with zero attached hydrogens (tertiary/aromatic N) is 1. The molecule has 4 fully saturated rings. The molecule has 1 aromatic rings. The molecule has 4 aliphatic rings. The standard InChI is InChI=1S/C23H32N2O2/c1-15-8-16(2)10-17(9-15)12-25-13-19-18(11-24-21(26)22(3)6-7-22)20-4-5-23(19,14-25)27-20/h8-10,18-20H,4-7,11-14H2,1-3H3,(H,24,26)/t18-,19+,20+,23+/m0/s1. The van der Waals surface area contributed by atoms with Crippen LogP contribution >= 0.6 is 0 Å². The van der Waals surface area contributed by atoms with E-state index in [2.05, 4.69) is 49.2 Å². The van der Waals surface area contributed by atoms with Crippen LogP contribution in [-0.4, -0.2) is 42.1 Å². The van der Waals surface area contributed by atoms with Crippen molar-refractivity contribution in [2.24, 2.45) is 17.3 Å². The highest BCUT2D eigenvalue weighted by molar-refractivity contribution is 5.84. The third kappa shape index (κ3) is 3.01. The third-order valence-corrected chi connectivity index (χ3v) is 7.59. The molecular weight excluding hydrogens is 336 g/mol. The Balaban J connectivity index is 1.26. The second kappa shape index (κ2) is 6.05. The molecule has 0 unspecified atom stereocenters. The summed E-state index contributed by atoms with van der Waals surface area (Å²) in [6.07, 6.45) is 4.78. The Kier molecular flexibility index (Phi) is 3.97. The highest BCUT2D eigenvalue weighted by Crippen LogP contribution is 2.55. The zero-order chi connectivity index (χ0) is 18.8. The number of fused-ring (bicyclic) bond motifs is 1. The van der Waals surface area contributed by atoms with Gasteiger partial charge in [-0.15, -0.1) is 0 Å². The molecule has 1 N–H and O–H groups in total. The number of hydrogen-bond acceptors (Lipinski definition) is 3. The highest BCUT2D eigenvalue weighted by atomic mass is 16.5. The van der Waals surface area contributed by atoms with Gasteiger partial charge >= 0.3 is 0 Å². The van der Waals surface area contributed by atoms with Crippen molar-refractivity contribution in [3.8, 4) is 0 Å². The van der Waals surface area contributed by atoms with Crippen molar-refractivity contribution in [1.82, 2.24) is 10.2 Å². The average molecular weight is 369 g/mol. The van der Waals surface area contributed by atoms with Gasteiger partial charge in [0.2, 0.25) is 5.91 Å². The number of nitrogens with one attached hydrogen (secondary N) is 1. The monoisotopic (exact) mass is 368 g/mol. The van der Waals surface area contributed by atoms with Gasteiger partial charge in [-0.3, -0.25) is 9.69 Å². The fraction of sp³-hybridized carbons (Fsp3) is 0.696. The number of carbonyl (C=O) groups is 1. The molecule has 4 nitrogen and oxygen atoms in total.